The molecule has 1 unspecified atom stereocenters. The summed E-state index contributed by atoms with van der Waals surface area (Å²) in [6, 6.07) is 3.14. The molecule has 5 nitrogen and oxygen atoms in total. The normalized spacial score (nSPS) is 12.2. The Morgan fingerprint density at radius 3 is 2.65 bits per heavy atom. The van der Waals surface area contributed by atoms with E-state index in [0.717, 1.165) is 12.1 Å². The van der Waals surface area contributed by atoms with Gasteiger partial charge in [0, 0.05) is 26.8 Å². The zero-order chi connectivity index (χ0) is 15.1. The summed E-state index contributed by atoms with van der Waals surface area (Å²) in [5.74, 6) is -1.35. The molecular formula is C14H20FNO4. The Bertz CT molecular complexity index is 453. The van der Waals surface area contributed by atoms with Gasteiger partial charge in [-0.2, -0.15) is 0 Å². The van der Waals surface area contributed by atoms with Crippen LogP contribution in [0.15, 0.2) is 18.2 Å². The number of aromatic hydroxyl groups is 1. The van der Waals surface area contributed by atoms with Crippen molar-refractivity contribution in [1.29, 1.82) is 0 Å². The van der Waals surface area contributed by atoms with Gasteiger partial charge in [-0.1, -0.05) is 0 Å². The Morgan fingerprint density at radius 1 is 1.40 bits per heavy atom. The second kappa shape index (κ2) is 7.81. The van der Waals surface area contributed by atoms with Gasteiger partial charge in [0.1, 0.15) is 11.6 Å². The van der Waals surface area contributed by atoms with Crippen LogP contribution in [0.2, 0.25) is 0 Å². The number of methoxy groups -OCH3 is 2. The largest absolute Gasteiger partial charge is 0.507 e. The van der Waals surface area contributed by atoms with Crippen LogP contribution in [-0.2, 0) is 9.47 Å². The zero-order valence-corrected chi connectivity index (χ0v) is 11.9. The summed E-state index contributed by atoms with van der Waals surface area (Å²) in [5.41, 5.74) is 0.0606. The maximum atomic E-state index is 13.0. The van der Waals surface area contributed by atoms with Crippen molar-refractivity contribution >= 4 is 5.91 Å². The predicted molar refractivity (Wildman–Crippen MR) is 72.3 cm³/mol. The van der Waals surface area contributed by atoms with Crippen LogP contribution < -0.4 is 0 Å². The topological polar surface area (TPSA) is 59.0 Å². The van der Waals surface area contributed by atoms with Crippen LogP contribution in [0.4, 0.5) is 4.39 Å². The Morgan fingerprint density at radius 2 is 2.10 bits per heavy atom. The molecule has 0 fully saturated rings. The lowest BCUT2D eigenvalue weighted by Crippen LogP contribution is -2.43. The Hall–Kier alpha value is -1.66. The van der Waals surface area contributed by atoms with Gasteiger partial charge in [0.25, 0.3) is 5.91 Å². The fraction of sp³-hybridized carbons (Fsp3) is 0.500. The van der Waals surface area contributed by atoms with Crippen LogP contribution in [0.3, 0.4) is 0 Å². The lowest BCUT2D eigenvalue weighted by molar-refractivity contribution is 0.0477. The Labute approximate surface area is 117 Å². The number of hydrogen-bond donors (Lipinski definition) is 1. The molecule has 1 aromatic carbocycles. The van der Waals surface area contributed by atoms with E-state index in [1.165, 1.54) is 11.0 Å². The minimum absolute atomic E-state index is 0.0606. The first-order valence-electron chi connectivity index (χ1n) is 6.28. The second-order valence-electron chi connectivity index (χ2n) is 4.46. The number of phenolic OH excluding ortho intramolecular Hbond substituents is 1. The molecule has 0 aliphatic rings. The summed E-state index contributed by atoms with van der Waals surface area (Å²) in [5, 5.41) is 9.70. The summed E-state index contributed by atoms with van der Waals surface area (Å²) < 4.78 is 23.0. The van der Waals surface area contributed by atoms with Gasteiger partial charge >= 0.3 is 0 Å². The standard InChI is InChI=1S/C14H20FNO4/c1-10(9-20-3)16(6-7-19-2)14(18)12-5-4-11(15)8-13(12)17/h4-5,8,10,17H,6-7,9H2,1-3H3. The molecule has 0 saturated heterocycles. The van der Waals surface area contributed by atoms with Crippen molar-refractivity contribution in [2.75, 3.05) is 34.0 Å². The molecule has 0 aliphatic heterocycles. The van der Waals surface area contributed by atoms with Gasteiger partial charge in [-0.05, 0) is 19.1 Å². The van der Waals surface area contributed by atoms with E-state index in [2.05, 4.69) is 0 Å². The van der Waals surface area contributed by atoms with Crippen molar-refractivity contribution in [3.8, 4) is 5.75 Å². The number of carbonyl (C=O) groups excluding carboxylic acids is 1. The van der Waals surface area contributed by atoms with Crippen LogP contribution in [0, 0.1) is 5.82 Å². The SMILES string of the molecule is COCCN(C(=O)c1ccc(F)cc1O)C(C)COC. The Balaban J connectivity index is 2.96. The fourth-order valence-electron chi connectivity index (χ4n) is 1.88. The van der Waals surface area contributed by atoms with E-state index in [-0.39, 0.29) is 23.3 Å². The molecular weight excluding hydrogens is 265 g/mol. The summed E-state index contributed by atoms with van der Waals surface area (Å²) in [6.07, 6.45) is 0. The monoisotopic (exact) mass is 285 g/mol. The van der Waals surface area contributed by atoms with Crippen molar-refractivity contribution < 1.29 is 23.8 Å². The zero-order valence-electron chi connectivity index (χ0n) is 11.9. The van der Waals surface area contributed by atoms with Crippen LogP contribution in [0.1, 0.15) is 17.3 Å². The number of carbonyl (C=O) groups is 1. The number of rotatable bonds is 7. The highest BCUT2D eigenvalue weighted by Crippen LogP contribution is 2.21. The summed E-state index contributed by atoms with van der Waals surface area (Å²) >= 11 is 0. The molecule has 1 atom stereocenters. The molecule has 0 radical (unpaired) electrons. The maximum absolute atomic E-state index is 13.0. The van der Waals surface area contributed by atoms with Gasteiger partial charge in [0.05, 0.1) is 24.8 Å². The van der Waals surface area contributed by atoms with E-state index >= 15 is 0 Å². The molecule has 0 heterocycles. The van der Waals surface area contributed by atoms with E-state index in [0.29, 0.717) is 19.8 Å². The number of nitrogens with zero attached hydrogens (tertiary/aromatic N) is 1. The molecule has 0 aromatic heterocycles. The number of benzene rings is 1. The van der Waals surface area contributed by atoms with E-state index in [9.17, 15) is 14.3 Å². The molecule has 20 heavy (non-hydrogen) atoms. The third kappa shape index (κ3) is 4.18. The minimum atomic E-state index is -0.590. The first-order valence-corrected chi connectivity index (χ1v) is 6.28. The van der Waals surface area contributed by atoms with E-state index < -0.39 is 5.82 Å². The van der Waals surface area contributed by atoms with Crippen molar-refractivity contribution in [3.05, 3.63) is 29.6 Å². The predicted octanol–water partition coefficient (Wildman–Crippen LogP) is 1.65. The highest BCUT2D eigenvalue weighted by molar-refractivity contribution is 5.97. The van der Waals surface area contributed by atoms with E-state index in [1.807, 2.05) is 6.92 Å². The number of amides is 1. The van der Waals surface area contributed by atoms with Gasteiger partial charge in [0.15, 0.2) is 0 Å². The lowest BCUT2D eigenvalue weighted by atomic mass is 10.1. The van der Waals surface area contributed by atoms with Gasteiger partial charge in [-0.3, -0.25) is 4.79 Å². The van der Waals surface area contributed by atoms with Gasteiger partial charge in [-0.25, -0.2) is 4.39 Å². The molecule has 112 valence electrons. The van der Waals surface area contributed by atoms with Crippen LogP contribution >= 0.6 is 0 Å². The quantitative estimate of drug-likeness (QED) is 0.827. The number of halogens is 1. The summed E-state index contributed by atoms with van der Waals surface area (Å²) in [6.45, 7) is 2.91. The third-order valence-corrected chi connectivity index (χ3v) is 2.93. The molecule has 1 aromatic rings. The van der Waals surface area contributed by atoms with Crippen molar-refractivity contribution in [2.45, 2.75) is 13.0 Å². The lowest BCUT2D eigenvalue weighted by Gasteiger charge is -2.29. The second-order valence-corrected chi connectivity index (χ2v) is 4.46. The molecule has 1 amide bonds. The highest BCUT2D eigenvalue weighted by atomic mass is 19.1. The van der Waals surface area contributed by atoms with Crippen molar-refractivity contribution in [2.24, 2.45) is 0 Å². The average molecular weight is 285 g/mol. The van der Waals surface area contributed by atoms with Crippen molar-refractivity contribution in [3.63, 3.8) is 0 Å². The van der Waals surface area contributed by atoms with E-state index in [4.69, 9.17) is 9.47 Å². The first-order chi connectivity index (χ1) is 9.51. The van der Waals surface area contributed by atoms with Gasteiger partial charge in [-0.15, -0.1) is 0 Å². The first kappa shape index (κ1) is 16.4. The molecule has 0 bridgehead atoms. The molecule has 0 spiro atoms. The van der Waals surface area contributed by atoms with Crippen LogP contribution in [0.25, 0.3) is 0 Å². The van der Waals surface area contributed by atoms with Crippen LogP contribution in [-0.4, -0.2) is 55.9 Å². The molecule has 6 heteroatoms. The number of phenols is 1. The third-order valence-electron chi connectivity index (χ3n) is 2.93. The molecule has 1 rings (SSSR count). The van der Waals surface area contributed by atoms with Gasteiger partial charge in [0.2, 0.25) is 0 Å². The smallest absolute Gasteiger partial charge is 0.258 e. The minimum Gasteiger partial charge on any atom is -0.507 e. The van der Waals surface area contributed by atoms with E-state index in [1.54, 1.807) is 14.2 Å². The molecule has 1 N–H and O–H groups in total. The number of ether oxygens (including phenoxy) is 2. The maximum Gasteiger partial charge on any atom is 0.258 e. The Kier molecular flexibility index (Phi) is 6.41. The highest BCUT2D eigenvalue weighted by Gasteiger charge is 2.23. The fourth-order valence-corrected chi connectivity index (χ4v) is 1.88. The average Bonchev–Trinajstić information content (AvgIpc) is 2.39. The summed E-state index contributed by atoms with van der Waals surface area (Å²) in [7, 11) is 3.09. The van der Waals surface area contributed by atoms with Crippen molar-refractivity contribution in [1.82, 2.24) is 4.90 Å². The number of hydrogen-bond acceptors (Lipinski definition) is 4. The van der Waals surface area contributed by atoms with Crippen LogP contribution in [0.5, 0.6) is 5.75 Å². The molecule has 0 saturated carbocycles. The van der Waals surface area contributed by atoms with Gasteiger partial charge < -0.3 is 19.5 Å². The summed E-state index contributed by atoms with van der Waals surface area (Å²) in [4.78, 5) is 14.0. The molecule has 0 aliphatic carbocycles.